The molecule has 0 aliphatic rings. The number of carbonyl (C=O) groups is 1. The van der Waals surface area contributed by atoms with Gasteiger partial charge in [0.2, 0.25) is 0 Å². The molecule has 4 heteroatoms. The largest absolute Gasteiger partial charge is 0.469 e. The van der Waals surface area contributed by atoms with Gasteiger partial charge < -0.3 is 10.5 Å². The number of carbonyl (C=O) groups excluding carboxylic acids is 1. The van der Waals surface area contributed by atoms with E-state index in [0.29, 0.717) is 17.9 Å². The monoisotopic (exact) mass is 297 g/mol. The van der Waals surface area contributed by atoms with Crippen molar-refractivity contribution < 1.29 is 9.53 Å². The van der Waals surface area contributed by atoms with Crippen molar-refractivity contribution in [1.29, 1.82) is 0 Å². The van der Waals surface area contributed by atoms with E-state index in [2.05, 4.69) is 0 Å². The maximum absolute atomic E-state index is 11.4. The summed E-state index contributed by atoms with van der Waals surface area (Å²) in [6, 6.07) is 3.79. The number of ether oxygens (including phenoxy) is 1. The summed E-state index contributed by atoms with van der Waals surface area (Å²) in [6.45, 7) is 8.09. The van der Waals surface area contributed by atoms with Gasteiger partial charge in [-0.3, -0.25) is 4.79 Å². The van der Waals surface area contributed by atoms with Crippen LogP contribution in [-0.2, 0) is 9.53 Å². The second-order valence-electron chi connectivity index (χ2n) is 6.19. The lowest BCUT2D eigenvalue weighted by atomic mass is 9.81. The first-order valence-electron chi connectivity index (χ1n) is 6.75. The van der Waals surface area contributed by atoms with Crippen molar-refractivity contribution in [3.8, 4) is 0 Å². The molecule has 1 rings (SSSR count). The summed E-state index contributed by atoms with van der Waals surface area (Å²) in [4.78, 5) is 11.4. The first kappa shape index (κ1) is 17.0. The lowest BCUT2D eigenvalue weighted by Gasteiger charge is -2.27. The van der Waals surface area contributed by atoms with E-state index in [1.165, 1.54) is 12.7 Å². The first-order valence-corrected chi connectivity index (χ1v) is 7.13. The van der Waals surface area contributed by atoms with Crippen LogP contribution in [0.3, 0.4) is 0 Å². The number of nitrogens with two attached hydrogens (primary N) is 1. The number of aryl methyl sites for hydroxylation is 2. The molecule has 1 aromatic rings. The van der Waals surface area contributed by atoms with Crippen LogP contribution in [-0.4, -0.2) is 13.1 Å². The van der Waals surface area contributed by atoms with Gasteiger partial charge in [0.15, 0.2) is 0 Å². The van der Waals surface area contributed by atoms with E-state index in [4.69, 9.17) is 22.1 Å². The molecule has 0 radical (unpaired) electrons. The molecule has 1 atom stereocenters. The average molecular weight is 298 g/mol. The Morgan fingerprint density at radius 2 is 1.90 bits per heavy atom. The highest BCUT2D eigenvalue weighted by Gasteiger charge is 2.26. The van der Waals surface area contributed by atoms with Gasteiger partial charge in [-0.05, 0) is 48.4 Å². The van der Waals surface area contributed by atoms with E-state index in [1.54, 1.807) is 0 Å². The molecule has 0 aliphatic carbocycles. The zero-order valence-corrected chi connectivity index (χ0v) is 13.7. The summed E-state index contributed by atoms with van der Waals surface area (Å²) < 4.78 is 4.73. The number of benzene rings is 1. The third-order valence-electron chi connectivity index (χ3n) is 3.64. The summed E-state index contributed by atoms with van der Waals surface area (Å²) in [6.07, 6.45) is 1.02. The Kier molecular flexibility index (Phi) is 5.60. The van der Waals surface area contributed by atoms with Crippen molar-refractivity contribution in [3.63, 3.8) is 0 Å². The van der Waals surface area contributed by atoms with Gasteiger partial charge in [-0.15, -0.1) is 0 Å². The highest BCUT2D eigenvalue weighted by atomic mass is 35.5. The third kappa shape index (κ3) is 4.50. The number of hydrogen-bond acceptors (Lipinski definition) is 3. The minimum absolute atomic E-state index is 0.193. The Balaban J connectivity index is 2.88. The molecule has 0 bridgehead atoms. The van der Waals surface area contributed by atoms with Gasteiger partial charge in [-0.1, -0.05) is 31.5 Å². The van der Waals surface area contributed by atoms with Crippen LogP contribution >= 0.6 is 11.6 Å². The fourth-order valence-electron chi connectivity index (χ4n) is 2.33. The Morgan fingerprint density at radius 3 is 2.45 bits per heavy atom. The standard InChI is InChI=1S/C16H24ClNO2/c1-10-6-12(13(17)7-11(10)2)14(18)8-16(3,4)9-15(19)20-5/h6-7,14H,8-9,18H2,1-5H3. The van der Waals surface area contributed by atoms with Crippen molar-refractivity contribution in [2.75, 3.05) is 7.11 Å². The topological polar surface area (TPSA) is 52.3 Å². The zero-order chi connectivity index (χ0) is 15.5. The zero-order valence-electron chi connectivity index (χ0n) is 12.9. The summed E-state index contributed by atoms with van der Waals surface area (Å²) in [5.74, 6) is -0.214. The molecule has 2 N–H and O–H groups in total. The SMILES string of the molecule is COC(=O)CC(C)(C)CC(N)c1cc(C)c(C)cc1Cl. The average Bonchev–Trinajstić information content (AvgIpc) is 2.32. The molecule has 0 saturated heterocycles. The van der Waals surface area contributed by atoms with E-state index in [-0.39, 0.29) is 17.4 Å². The number of hydrogen-bond donors (Lipinski definition) is 1. The van der Waals surface area contributed by atoms with Crippen LogP contribution in [0.2, 0.25) is 5.02 Å². The molecule has 0 aliphatic heterocycles. The van der Waals surface area contributed by atoms with E-state index in [9.17, 15) is 4.79 Å². The van der Waals surface area contributed by atoms with Crippen molar-refractivity contribution in [2.45, 2.75) is 46.6 Å². The van der Waals surface area contributed by atoms with Gasteiger partial charge in [0.05, 0.1) is 13.5 Å². The summed E-state index contributed by atoms with van der Waals surface area (Å²) in [7, 11) is 1.40. The van der Waals surface area contributed by atoms with Gasteiger partial charge in [0.1, 0.15) is 0 Å². The summed E-state index contributed by atoms with van der Waals surface area (Å²) in [5, 5.41) is 0.689. The third-order valence-corrected chi connectivity index (χ3v) is 3.96. The number of methoxy groups -OCH3 is 1. The minimum Gasteiger partial charge on any atom is -0.469 e. The molecule has 20 heavy (non-hydrogen) atoms. The Hall–Kier alpha value is -1.06. The second kappa shape index (κ2) is 6.59. The molecule has 0 amide bonds. The highest BCUT2D eigenvalue weighted by molar-refractivity contribution is 6.31. The molecular weight excluding hydrogens is 274 g/mol. The van der Waals surface area contributed by atoms with Gasteiger partial charge in [-0.2, -0.15) is 0 Å². The molecule has 112 valence electrons. The van der Waals surface area contributed by atoms with Crippen LogP contribution in [0.25, 0.3) is 0 Å². The van der Waals surface area contributed by atoms with Crippen LogP contribution in [0.5, 0.6) is 0 Å². The fourth-order valence-corrected chi connectivity index (χ4v) is 2.69. The number of esters is 1. The Morgan fingerprint density at radius 1 is 1.35 bits per heavy atom. The summed E-state index contributed by atoms with van der Waals surface area (Å²) >= 11 is 6.29. The van der Waals surface area contributed by atoms with E-state index in [0.717, 1.165) is 11.1 Å². The molecule has 0 spiro atoms. The number of rotatable bonds is 5. The first-order chi connectivity index (χ1) is 9.16. The van der Waals surface area contributed by atoms with Crippen molar-refractivity contribution in [2.24, 2.45) is 11.1 Å². The molecule has 0 aromatic heterocycles. The van der Waals surface area contributed by atoms with Crippen LogP contribution in [0.4, 0.5) is 0 Å². The quantitative estimate of drug-likeness (QED) is 0.838. The Labute approximate surface area is 126 Å². The van der Waals surface area contributed by atoms with Gasteiger partial charge >= 0.3 is 5.97 Å². The van der Waals surface area contributed by atoms with Gasteiger partial charge in [-0.25, -0.2) is 0 Å². The molecule has 1 aromatic carbocycles. The predicted octanol–water partition coefficient (Wildman–Crippen LogP) is 3.94. The maximum atomic E-state index is 11.4. The molecular formula is C16H24ClNO2. The van der Waals surface area contributed by atoms with E-state index >= 15 is 0 Å². The van der Waals surface area contributed by atoms with Crippen LogP contribution in [0.15, 0.2) is 12.1 Å². The lowest BCUT2D eigenvalue weighted by molar-refractivity contribution is -0.143. The molecule has 1 unspecified atom stereocenters. The van der Waals surface area contributed by atoms with Crippen molar-refractivity contribution >= 4 is 17.6 Å². The lowest BCUT2D eigenvalue weighted by Crippen LogP contribution is -2.25. The van der Waals surface area contributed by atoms with Gasteiger partial charge in [0, 0.05) is 11.1 Å². The van der Waals surface area contributed by atoms with Crippen LogP contribution < -0.4 is 5.73 Å². The maximum Gasteiger partial charge on any atom is 0.306 e. The van der Waals surface area contributed by atoms with Crippen molar-refractivity contribution in [3.05, 3.63) is 33.8 Å². The second-order valence-corrected chi connectivity index (χ2v) is 6.59. The Bertz CT molecular complexity index is 497. The smallest absolute Gasteiger partial charge is 0.306 e. The van der Waals surface area contributed by atoms with E-state index in [1.807, 2.05) is 39.8 Å². The normalized spacial score (nSPS) is 13.2. The molecule has 0 fully saturated rings. The predicted molar refractivity (Wildman–Crippen MR) is 82.9 cm³/mol. The summed E-state index contributed by atoms with van der Waals surface area (Å²) in [5.41, 5.74) is 9.32. The minimum atomic E-state index is -0.228. The molecule has 3 nitrogen and oxygen atoms in total. The van der Waals surface area contributed by atoms with E-state index < -0.39 is 0 Å². The number of halogens is 1. The van der Waals surface area contributed by atoms with Crippen molar-refractivity contribution in [1.82, 2.24) is 0 Å². The molecule has 0 saturated carbocycles. The van der Waals surface area contributed by atoms with Crippen LogP contribution in [0, 0.1) is 19.3 Å². The van der Waals surface area contributed by atoms with Crippen LogP contribution in [0.1, 0.15) is 49.4 Å². The van der Waals surface area contributed by atoms with Gasteiger partial charge in [0.25, 0.3) is 0 Å². The highest BCUT2D eigenvalue weighted by Crippen LogP contribution is 2.35. The molecule has 0 heterocycles. The fraction of sp³-hybridized carbons (Fsp3) is 0.562.